The van der Waals surface area contributed by atoms with Crippen LogP contribution in [0.2, 0.25) is 0 Å². The molecular weight excluding hydrogens is 371 g/mol. The van der Waals surface area contributed by atoms with E-state index in [1.54, 1.807) is 6.07 Å². The van der Waals surface area contributed by atoms with Crippen molar-refractivity contribution in [2.45, 2.75) is 19.4 Å². The van der Waals surface area contributed by atoms with Gasteiger partial charge in [0.05, 0.1) is 18.6 Å². The van der Waals surface area contributed by atoms with Crippen molar-refractivity contribution in [3.63, 3.8) is 0 Å². The van der Waals surface area contributed by atoms with Crippen molar-refractivity contribution in [3.8, 4) is 17.2 Å². The minimum Gasteiger partial charge on any atom is -0.507 e. The Bertz CT molecular complexity index is 914. The summed E-state index contributed by atoms with van der Waals surface area (Å²) in [6, 6.07) is 6.36. The number of benzene rings is 2. The van der Waals surface area contributed by atoms with E-state index in [0.29, 0.717) is 11.5 Å². The number of halogens is 1. The zero-order valence-electron chi connectivity index (χ0n) is 15.1. The van der Waals surface area contributed by atoms with Gasteiger partial charge < -0.3 is 19.9 Å². The largest absolute Gasteiger partial charge is 0.507 e. The van der Waals surface area contributed by atoms with Gasteiger partial charge in [-0.2, -0.15) is 0 Å². The molecule has 9 heteroatoms. The lowest BCUT2D eigenvalue weighted by Gasteiger charge is -2.13. The number of nitro benzene ring substituents is 1. The first-order chi connectivity index (χ1) is 13.4. The molecule has 2 aromatic rings. The molecule has 1 aliphatic carbocycles. The van der Waals surface area contributed by atoms with Gasteiger partial charge >= 0.3 is 5.69 Å². The summed E-state index contributed by atoms with van der Waals surface area (Å²) in [4.78, 5) is 23.2. The van der Waals surface area contributed by atoms with E-state index in [4.69, 9.17) is 9.47 Å². The fourth-order valence-corrected chi connectivity index (χ4v) is 2.65. The lowest BCUT2D eigenvalue weighted by Crippen LogP contribution is -2.24. The Morgan fingerprint density at radius 2 is 2.11 bits per heavy atom. The number of amides is 1. The molecule has 3 rings (SSSR count). The number of phenolic OH excluding ortho intramolecular Hbond substituents is 1. The number of nitrogens with one attached hydrogen (secondary N) is 1. The number of aromatic hydroxyl groups is 1. The van der Waals surface area contributed by atoms with Gasteiger partial charge in [-0.3, -0.25) is 14.9 Å². The molecule has 0 unspecified atom stereocenters. The van der Waals surface area contributed by atoms with Gasteiger partial charge in [0.15, 0.2) is 11.6 Å². The molecule has 0 spiro atoms. The van der Waals surface area contributed by atoms with Crippen molar-refractivity contribution in [3.05, 3.63) is 57.4 Å². The van der Waals surface area contributed by atoms with E-state index in [-0.39, 0.29) is 30.2 Å². The SMILES string of the molecule is COc1ccc(CNC(=O)c2c(O)ccc([N+](=O)[O-])c2OCC2CC2)cc1F. The highest BCUT2D eigenvalue weighted by Crippen LogP contribution is 2.39. The van der Waals surface area contributed by atoms with Gasteiger partial charge in [0, 0.05) is 12.6 Å². The normalized spacial score (nSPS) is 13.1. The Morgan fingerprint density at radius 1 is 1.36 bits per heavy atom. The second-order valence-corrected chi connectivity index (χ2v) is 6.47. The molecule has 0 bridgehead atoms. The van der Waals surface area contributed by atoms with Crippen LogP contribution in [0.15, 0.2) is 30.3 Å². The van der Waals surface area contributed by atoms with Crippen molar-refractivity contribution in [2.75, 3.05) is 13.7 Å². The first-order valence-corrected chi connectivity index (χ1v) is 8.64. The van der Waals surface area contributed by atoms with E-state index in [0.717, 1.165) is 25.0 Å². The highest BCUT2D eigenvalue weighted by molar-refractivity contribution is 6.00. The monoisotopic (exact) mass is 390 g/mol. The fraction of sp³-hybridized carbons (Fsp3) is 0.316. The molecule has 1 saturated carbocycles. The average Bonchev–Trinajstić information content (AvgIpc) is 3.48. The van der Waals surface area contributed by atoms with Crippen LogP contribution in [0.1, 0.15) is 28.8 Å². The summed E-state index contributed by atoms with van der Waals surface area (Å²) in [5.74, 6) is -1.68. The van der Waals surface area contributed by atoms with Gasteiger partial charge in [-0.25, -0.2) is 4.39 Å². The number of nitrogens with zero attached hydrogens (tertiary/aromatic N) is 1. The van der Waals surface area contributed by atoms with Crippen molar-refractivity contribution in [1.82, 2.24) is 5.32 Å². The summed E-state index contributed by atoms with van der Waals surface area (Å²) < 4.78 is 24.1. The maximum absolute atomic E-state index is 13.8. The highest BCUT2D eigenvalue weighted by Gasteiger charge is 2.30. The number of methoxy groups -OCH3 is 1. The quantitative estimate of drug-likeness (QED) is 0.529. The Hall–Kier alpha value is -3.36. The maximum atomic E-state index is 13.8. The van der Waals surface area contributed by atoms with E-state index in [1.165, 1.54) is 19.2 Å². The van der Waals surface area contributed by atoms with E-state index >= 15 is 0 Å². The molecule has 1 fully saturated rings. The fourth-order valence-electron chi connectivity index (χ4n) is 2.65. The second-order valence-electron chi connectivity index (χ2n) is 6.47. The van der Waals surface area contributed by atoms with Gasteiger partial charge in [-0.15, -0.1) is 0 Å². The minimum atomic E-state index is -0.761. The van der Waals surface area contributed by atoms with Crippen LogP contribution in [0, 0.1) is 21.8 Å². The molecule has 0 radical (unpaired) electrons. The van der Waals surface area contributed by atoms with Crippen molar-refractivity contribution in [2.24, 2.45) is 5.92 Å². The molecule has 28 heavy (non-hydrogen) atoms. The second kappa shape index (κ2) is 8.12. The Labute approximate surface area is 160 Å². The Morgan fingerprint density at radius 3 is 2.71 bits per heavy atom. The van der Waals surface area contributed by atoms with Crippen molar-refractivity contribution >= 4 is 11.6 Å². The predicted molar refractivity (Wildman–Crippen MR) is 97.1 cm³/mol. The van der Waals surface area contributed by atoms with Gasteiger partial charge in [0.25, 0.3) is 5.91 Å². The number of nitro groups is 1. The summed E-state index contributed by atoms with van der Waals surface area (Å²) >= 11 is 0. The first-order valence-electron chi connectivity index (χ1n) is 8.64. The Kier molecular flexibility index (Phi) is 5.62. The number of ether oxygens (including phenoxy) is 2. The van der Waals surface area contributed by atoms with Crippen LogP contribution >= 0.6 is 0 Å². The molecule has 8 nitrogen and oxygen atoms in total. The van der Waals surface area contributed by atoms with Crippen LogP contribution in [0.5, 0.6) is 17.2 Å². The predicted octanol–water partition coefficient (Wildman–Crippen LogP) is 3.17. The van der Waals surface area contributed by atoms with Crippen LogP contribution in [-0.4, -0.2) is 29.7 Å². The van der Waals surface area contributed by atoms with E-state index in [2.05, 4.69) is 5.32 Å². The summed E-state index contributed by atoms with van der Waals surface area (Å²) in [7, 11) is 1.34. The van der Waals surface area contributed by atoms with Gasteiger partial charge in [-0.05, 0) is 42.5 Å². The van der Waals surface area contributed by atoms with E-state index < -0.39 is 28.1 Å². The molecule has 1 amide bonds. The number of carbonyl (C=O) groups is 1. The van der Waals surface area contributed by atoms with Crippen LogP contribution in [0.3, 0.4) is 0 Å². The van der Waals surface area contributed by atoms with Crippen LogP contribution in [-0.2, 0) is 6.54 Å². The molecule has 0 heterocycles. The molecule has 0 aromatic heterocycles. The number of hydrogen-bond acceptors (Lipinski definition) is 6. The first kappa shape index (κ1) is 19.4. The smallest absolute Gasteiger partial charge is 0.312 e. The Balaban J connectivity index is 1.82. The molecule has 0 aliphatic heterocycles. The third-order valence-corrected chi connectivity index (χ3v) is 4.37. The van der Waals surface area contributed by atoms with E-state index in [9.17, 15) is 24.4 Å². The van der Waals surface area contributed by atoms with Crippen molar-refractivity contribution in [1.29, 1.82) is 0 Å². The molecule has 0 atom stereocenters. The van der Waals surface area contributed by atoms with Gasteiger partial charge in [-0.1, -0.05) is 6.07 Å². The van der Waals surface area contributed by atoms with Crippen molar-refractivity contribution < 1.29 is 28.7 Å². The molecule has 2 N–H and O–H groups in total. The van der Waals surface area contributed by atoms with E-state index in [1.807, 2.05) is 0 Å². The summed E-state index contributed by atoms with van der Waals surface area (Å²) in [6.45, 7) is 0.179. The third-order valence-electron chi connectivity index (χ3n) is 4.37. The molecule has 148 valence electrons. The molecular formula is C19H19FN2O6. The van der Waals surface area contributed by atoms with Gasteiger partial charge in [0.1, 0.15) is 11.3 Å². The zero-order chi connectivity index (χ0) is 20.3. The highest BCUT2D eigenvalue weighted by atomic mass is 19.1. The van der Waals surface area contributed by atoms with Crippen LogP contribution in [0.4, 0.5) is 10.1 Å². The number of rotatable bonds is 8. The minimum absolute atomic E-state index is 0.0516. The summed E-state index contributed by atoms with van der Waals surface area (Å²) in [5.41, 5.74) is -0.264. The summed E-state index contributed by atoms with van der Waals surface area (Å²) in [5, 5.41) is 23.9. The van der Waals surface area contributed by atoms with Gasteiger partial charge in [0.2, 0.25) is 5.75 Å². The summed E-state index contributed by atoms with van der Waals surface area (Å²) in [6.07, 6.45) is 1.91. The molecule has 0 saturated heterocycles. The van der Waals surface area contributed by atoms with Crippen LogP contribution in [0.25, 0.3) is 0 Å². The lowest BCUT2D eigenvalue weighted by molar-refractivity contribution is -0.385. The molecule has 2 aromatic carbocycles. The number of phenols is 1. The van der Waals surface area contributed by atoms with Crippen LogP contribution < -0.4 is 14.8 Å². The lowest BCUT2D eigenvalue weighted by atomic mass is 10.1. The maximum Gasteiger partial charge on any atom is 0.312 e. The standard InChI is InChI=1S/C19H19FN2O6/c1-27-16-7-4-12(8-13(16)20)9-21-19(24)17-15(23)6-5-14(22(25)26)18(17)28-10-11-2-3-11/h4-8,11,23H,2-3,9-10H2,1H3,(H,21,24). The molecule has 1 aliphatic rings. The average molecular weight is 390 g/mol. The third kappa shape index (κ3) is 4.30. The number of carbonyl (C=O) groups excluding carboxylic acids is 1. The number of hydrogen-bond donors (Lipinski definition) is 2. The zero-order valence-corrected chi connectivity index (χ0v) is 15.1. The topological polar surface area (TPSA) is 111 Å².